The molecule has 0 saturated carbocycles. The summed E-state index contributed by atoms with van der Waals surface area (Å²) in [6, 6.07) is 15.4. The molecular formula is C17H18BrNO2S. The first kappa shape index (κ1) is 15.7. The molecule has 0 heterocycles. The number of aryl methyl sites for hydroxylation is 1. The van der Waals surface area contributed by atoms with Crippen LogP contribution >= 0.6 is 15.9 Å². The number of hydrogen-bond acceptors (Lipinski definition) is 2. The molecule has 2 aromatic carbocycles. The molecule has 0 aliphatic heterocycles. The first-order valence-corrected chi connectivity index (χ1v) is 9.80. The second kappa shape index (κ2) is 6.52. The van der Waals surface area contributed by atoms with Crippen molar-refractivity contribution in [3.8, 4) is 0 Å². The van der Waals surface area contributed by atoms with E-state index in [1.165, 1.54) is 5.56 Å². The molecule has 0 radical (unpaired) electrons. The zero-order chi connectivity index (χ0) is 15.6. The number of rotatable bonds is 4. The topological polar surface area (TPSA) is 46.2 Å². The maximum absolute atomic E-state index is 12.4. The van der Waals surface area contributed by atoms with Gasteiger partial charge in [-0.15, -0.1) is 0 Å². The highest BCUT2D eigenvalue weighted by atomic mass is 79.9. The van der Waals surface area contributed by atoms with Gasteiger partial charge in [0.15, 0.2) is 0 Å². The Balaban J connectivity index is 1.76. The summed E-state index contributed by atoms with van der Waals surface area (Å²) in [5.74, 6) is 0.0128. The van der Waals surface area contributed by atoms with Crippen LogP contribution in [0.1, 0.15) is 35.6 Å². The van der Waals surface area contributed by atoms with Crippen molar-refractivity contribution in [1.29, 1.82) is 0 Å². The van der Waals surface area contributed by atoms with Crippen molar-refractivity contribution >= 4 is 26.0 Å². The van der Waals surface area contributed by atoms with Crippen LogP contribution in [0.4, 0.5) is 0 Å². The van der Waals surface area contributed by atoms with E-state index in [1.54, 1.807) is 0 Å². The average molecular weight is 380 g/mol. The third-order valence-electron chi connectivity index (χ3n) is 3.96. The Labute approximate surface area is 139 Å². The molecule has 0 unspecified atom stereocenters. The monoisotopic (exact) mass is 379 g/mol. The summed E-state index contributed by atoms with van der Waals surface area (Å²) < 4.78 is 28.7. The van der Waals surface area contributed by atoms with Gasteiger partial charge >= 0.3 is 0 Å². The van der Waals surface area contributed by atoms with Crippen LogP contribution in [-0.4, -0.2) is 8.42 Å². The molecule has 0 bridgehead atoms. The van der Waals surface area contributed by atoms with Gasteiger partial charge in [0.2, 0.25) is 10.0 Å². The molecule has 22 heavy (non-hydrogen) atoms. The second-order valence-electron chi connectivity index (χ2n) is 5.65. The summed E-state index contributed by atoms with van der Waals surface area (Å²) in [6.07, 6.45) is 2.90. The zero-order valence-corrected chi connectivity index (χ0v) is 14.5. The lowest BCUT2D eigenvalue weighted by molar-refractivity contribution is 0.507. The fourth-order valence-corrected chi connectivity index (χ4v) is 4.59. The molecule has 0 fully saturated rings. The molecule has 1 N–H and O–H groups in total. The highest BCUT2D eigenvalue weighted by Crippen LogP contribution is 2.30. The number of sulfonamides is 1. The van der Waals surface area contributed by atoms with Gasteiger partial charge in [0.25, 0.3) is 0 Å². The van der Waals surface area contributed by atoms with Crippen LogP contribution in [0.3, 0.4) is 0 Å². The van der Waals surface area contributed by atoms with Crippen LogP contribution in [0.15, 0.2) is 53.0 Å². The van der Waals surface area contributed by atoms with Gasteiger partial charge in [0.1, 0.15) is 0 Å². The Bertz CT molecular complexity index is 756. The third kappa shape index (κ3) is 3.77. The van der Waals surface area contributed by atoms with Gasteiger partial charge in [0, 0.05) is 10.5 Å². The Morgan fingerprint density at radius 2 is 1.82 bits per heavy atom. The van der Waals surface area contributed by atoms with Gasteiger partial charge in [-0.05, 0) is 48.1 Å². The number of hydrogen-bond donors (Lipinski definition) is 1. The van der Waals surface area contributed by atoms with E-state index >= 15 is 0 Å². The van der Waals surface area contributed by atoms with Gasteiger partial charge in [-0.3, -0.25) is 0 Å². The summed E-state index contributed by atoms with van der Waals surface area (Å²) in [7, 11) is -3.36. The number of nitrogens with one attached hydrogen (secondary N) is 1. The highest BCUT2D eigenvalue weighted by Gasteiger charge is 2.24. The van der Waals surface area contributed by atoms with Crippen LogP contribution in [0.2, 0.25) is 0 Å². The van der Waals surface area contributed by atoms with Crippen molar-refractivity contribution in [1.82, 2.24) is 4.72 Å². The molecule has 0 amide bonds. The van der Waals surface area contributed by atoms with E-state index < -0.39 is 10.0 Å². The average Bonchev–Trinajstić information content (AvgIpc) is 2.49. The number of fused-ring (bicyclic) bond motifs is 1. The second-order valence-corrected chi connectivity index (χ2v) is 8.32. The van der Waals surface area contributed by atoms with E-state index in [0.717, 1.165) is 34.9 Å². The lowest BCUT2D eigenvalue weighted by atomic mass is 9.88. The molecule has 2 aromatic rings. The Kier molecular flexibility index (Phi) is 4.66. The number of benzene rings is 2. The minimum Gasteiger partial charge on any atom is -0.212 e. The SMILES string of the molecule is O=S(=O)(Cc1ccc(Br)cc1)N[C@@H]1CCCc2ccccc21. The van der Waals surface area contributed by atoms with Crippen molar-refractivity contribution in [2.45, 2.75) is 31.1 Å². The molecule has 1 atom stereocenters. The molecular weight excluding hydrogens is 362 g/mol. The van der Waals surface area contributed by atoms with Gasteiger partial charge in [-0.1, -0.05) is 52.3 Å². The standard InChI is InChI=1S/C17H18BrNO2S/c18-15-10-8-13(9-11-15)12-22(20,21)19-17-7-3-5-14-4-1-2-6-16(14)17/h1-2,4,6,8-11,17,19H,3,5,7,12H2/t17-/m1/s1. The lowest BCUT2D eigenvalue weighted by Crippen LogP contribution is -2.31. The van der Waals surface area contributed by atoms with Crippen LogP contribution in [0.25, 0.3) is 0 Å². The fourth-order valence-electron chi connectivity index (χ4n) is 2.93. The fraction of sp³-hybridized carbons (Fsp3) is 0.294. The predicted molar refractivity (Wildman–Crippen MR) is 92.0 cm³/mol. The predicted octanol–water partition coefficient (Wildman–Crippen LogP) is 3.95. The van der Waals surface area contributed by atoms with E-state index in [1.807, 2.05) is 42.5 Å². The quantitative estimate of drug-likeness (QED) is 0.873. The molecule has 0 spiro atoms. The van der Waals surface area contributed by atoms with Crippen molar-refractivity contribution in [2.24, 2.45) is 0 Å². The summed E-state index contributed by atoms with van der Waals surface area (Å²) >= 11 is 3.36. The van der Waals surface area contributed by atoms with Gasteiger partial charge in [-0.2, -0.15) is 0 Å². The van der Waals surface area contributed by atoms with Crippen LogP contribution in [0, 0.1) is 0 Å². The van der Waals surface area contributed by atoms with E-state index in [0.29, 0.717) is 0 Å². The lowest BCUT2D eigenvalue weighted by Gasteiger charge is -2.26. The molecule has 116 valence electrons. The molecule has 0 saturated heterocycles. The van der Waals surface area contributed by atoms with E-state index in [2.05, 4.69) is 26.7 Å². The smallest absolute Gasteiger partial charge is 0.212 e. The Morgan fingerprint density at radius 1 is 1.09 bits per heavy atom. The number of halogens is 1. The summed E-state index contributed by atoms with van der Waals surface area (Å²) in [5.41, 5.74) is 3.16. The Morgan fingerprint density at radius 3 is 2.59 bits per heavy atom. The van der Waals surface area contributed by atoms with Crippen LogP contribution in [-0.2, 0) is 22.2 Å². The van der Waals surface area contributed by atoms with Crippen molar-refractivity contribution < 1.29 is 8.42 Å². The molecule has 3 rings (SSSR count). The third-order valence-corrected chi connectivity index (χ3v) is 5.85. The molecule has 3 nitrogen and oxygen atoms in total. The van der Waals surface area contributed by atoms with E-state index in [4.69, 9.17) is 0 Å². The van der Waals surface area contributed by atoms with E-state index in [9.17, 15) is 8.42 Å². The molecule has 0 aromatic heterocycles. The molecule has 1 aliphatic carbocycles. The Hall–Kier alpha value is -1.17. The van der Waals surface area contributed by atoms with Gasteiger partial charge in [0.05, 0.1) is 5.75 Å². The first-order valence-electron chi connectivity index (χ1n) is 7.36. The summed E-state index contributed by atoms with van der Waals surface area (Å²) in [5, 5.41) is 0. The maximum atomic E-state index is 12.4. The van der Waals surface area contributed by atoms with Crippen LogP contribution < -0.4 is 4.72 Å². The minimum atomic E-state index is -3.36. The first-order chi connectivity index (χ1) is 10.5. The van der Waals surface area contributed by atoms with Gasteiger partial charge < -0.3 is 0 Å². The molecule has 1 aliphatic rings. The summed E-state index contributed by atoms with van der Waals surface area (Å²) in [4.78, 5) is 0. The van der Waals surface area contributed by atoms with Crippen molar-refractivity contribution in [3.05, 3.63) is 69.7 Å². The zero-order valence-electron chi connectivity index (χ0n) is 12.1. The summed E-state index contributed by atoms with van der Waals surface area (Å²) in [6.45, 7) is 0. The normalized spacial score (nSPS) is 18.0. The minimum absolute atomic E-state index is 0.0128. The van der Waals surface area contributed by atoms with Crippen LogP contribution in [0.5, 0.6) is 0 Å². The van der Waals surface area contributed by atoms with Crippen molar-refractivity contribution in [3.63, 3.8) is 0 Å². The largest absolute Gasteiger partial charge is 0.216 e. The maximum Gasteiger partial charge on any atom is 0.216 e. The molecule has 5 heteroatoms. The highest BCUT2D eigenvalue weighted by molar-refractivity contribution is 9.10. The van der Waals surface area contributed by atoms with Crippen molar-refractivity contribution in [2.75, 3.05) is 0 Å². The van der Waals surface area contributed by atoms with E-state index in [-0.39, 0.29) is 11.8 Å². The van der Waals surface area contributed by atoms with Gasteiger partial charge in [-0.25, -0.2) is 13.1 Å².